The summed E-state index contributed by atoms with van der Waals surface area (Å²) in [5, 5.41) is 12.1. The van der Waals surface area contributed by atoms with Crippen molar-refractivity contribution in [2.75, 3.05) is 37.7 Å². The number of aromatic nitrogens is 1. The van der Waals surface area contributed by atoms with E-state index in [0.717, 1.165) is 24.7 Å². The summed E-state index contributed by atoms with van der Waals surface area (Å²) in [5.74, 6) is 1.53. The van der Waals surface area contributed by atoms with Gasteiger partial charge in [-0.25, -0.2) is 4.98 Å². The van der Waals surface area contributed by atoms with Crippen molar-refractivity contribution in [2.24, 2.45) is 5.92 Å². The average Bonchev–Trinajstić information content (AvgIpc) is 2.43. The van der Waals surface area contributed by atoms with Crippen molar-refractivity contribution in [3.8, 4) is 6.07 Å². The molecule has 1 aromatic heterocycles. The molecule has 1 aliphatic rings. The van der Waals surface area contributed by atoms with E-state index >= 15 is 0 Å². The van der Waals surface area contributed by atoms with Crippen molar-refractivity contribution >= 4 is 11.5 Å². The lowest BCUT2D eigenvalue weighted by molar-refractivity contribution is 0.215. The van der Waals surface area contributed by atoms with Crippen LogP contribution in [0.2, 0.25) is 0 Å². The topological polar surface area (TPSA) is 78.0 Å². The molecule has 5 nitrogen and oxygen atoms in total. The van der Waals surface area contributed by atoms with Gasteiger partial charge >= 0.3 is 0 Å². The number of nitrogens with two attached hydrogens (primary N) is 1. The number of anilines is 2. The number of nitrogens with zero attached hydrogens (tertiary/aromatic N) is 3. The second-order valence-electron chi connectivity index (χ2n) is 5.21. The highest BCUT2D eigenvalue weighted by atomic mass is 15.1. The predicted octanol–water partition coefficient (Wildman–Crippen LogP) is 1.68. The van der Waals surface area contributed by atoms with Crippen LogP contribution in [-0.2, 0) is 0 Å². The number of hydrogen-bond acceptors (Lipinski definition) is 5. The monoisotopic (exact) mass is 259 g/mol. The van der Waals surface area contributed by atoms with Gasteiger partial charge in [0.15, 0.2) is 5.69 Å². The van der Waals surface area contributed by atoms with Crippen LogP contribution < -0.4 is 11.1 Å². The maximum Gasteiger partial charge on any atom is 0.165 e. The molecule has 1 saturated heterocycles. The third-order valence-corrected chi connectivity index (χ3v) is 3.73. The highest BCUT2D eigenvalue weighted by Crippen LogP contribution is 2.19. The van der Waals surface area contributed by atoms with Crippen molar-refractivity contribution in [1.29, 1.82) is 5.26 Å². The van der Waals surface area contributed by atoms with Crippen LogP contribution in [0, 0.1) is 17.2 Å². The van der Waals surface area contributed by atoms with E-state index in [1.54, 1.807) is 6.07 Å². The Hall–Kier alpha value is -1.80. The molecule has 0 spiro atoms. The quantitative estimate of drug-likeness (QED) is 0.860. The maximum atomic E-state index is 8.87. The lowest BCUT2D eigenvalue weighted by atomic mass is 9.94. The van der Waals surface area contributed by atoms with Gasteiger partial charge in [0.05, 0.1) is 5.69 Å². The lowest BCUT2D eigenvalue weighted by Crippen LogP contribution is -2.30. The summed E-state index contributed by atoms with van der Waals surface area (Å²) in [4.78, 5) is 6.56. The van der Waals surface area contributed by atoms with Crippen LogP contribution in [0.3, 0.4) is 0 Å². The molecule has 5 heteroatoms. The van der Waals surface area contributed by atoms with Crippen molar-refractivity contribution in [2.45, 2.75) is 19.3 Å². The van der Waals surface area contributed by atoms with Crippen molar-refractivity contribution in [3.05, 3.63) is 17.8 Å². The highest BCUT2D eigenvalue weighted by Gasteiger charge is 2.15. The molecule has 3 N–H and O–H groups in total. The molecule has 0 amide bonds. The second kappa shape index (κ2) is 6.39. The van der Waals surface area contributed by atoms with Crippen LogP contribution >= 0.6 is 0 Å². The first-order chi connectivity index (χ1) is 9.19. The van der Waals surface area contributed by atoms with Gasteiger partial charge in [-0.1, -0.05) is 0 Å². The summed E-state index contributed by atoms with van der Waals surface area (Å²) in [6.45, 7) is 3.29. The van der Waals surface area contributed by atoms with Crippen LogP contribution in [-0.4, -0.2) is 36.6 Å². The number of likely N-dealkylation sites (tertiary alicyclic amines) is 1. The second-order valence-corrected chi connectivity index (χ2v) is 5.21. The van der Waals surface area contributed by atoms with Crippen molar-refractivity contribution < 1.29 is 0 Å². The summed E-state index contributed by atoms with van der Waals surface area (Å²) in [5.41, 5.74) is 6.37. The Labute approximate surface area is 114 Å². The van der Waals surface area contributed by atoms with Gasteiger partial charge in [0.25, 0.3) is 0 Å². The molecule has 0 atom stereocenters. The SMILES string of the molecule is CN1CCC(CCNc2ccc(N)c(C#N)n2)CC1. The Balaban J connectivity index is 1.78. The zero-order chi connectivity index (χ0) is 13.7. The first-order valence-electron chi connectivity index (χ1n) is 6.78. The van der Waals surface area contributed by atoms with E-state index in [1.165, 1.54) is 25.9 Å². The minimum absolute atomic E-state index is 0.296. The van der Waals surface area contributed by atoms with E-state index in [-0.39, 0.29) is 0 Å². The van der Waals surface area contributed by atoms with Crippen molar-refractivity contribution in [3.63, 3.8) is 0 Å². The molecular weight excluding hydrogens is 238 g/mol. The largest absolute Gasteiger partial charge is 0.396 e. The lowest BCUT2D eigenvalue weighted by Gasteiger charge is -2.28. The first kappa shape index (κ1) is 13.6. The molecular formula is C14H21N5. The number of pyridine rings is 1. The van der Waals surface area contributed by atoms with E-state index in [2.05, 4.69) is 22.2 Å². The van der Waals surface area contributed by atoms with Crippen LogP contribution in [0.15, 0.2) is 12.1 Å². The molecule has 2 rings (SSSR count). The van der Waals surface area contributed by atoms with E-state index < -0.39 is 0 Å². The van der Waals surface area contributed by atoms with Crippen molar-refractivity contribution in [1.82, 2.24) is 9.88 Å². The smallest absolute Gasteiger partial charge is 0.165 e. The number of rotatable bonds is 4. The van der Waals surface area contributed by atoms with Crippen LogP contribution in [0.1, 0.15) is 25.0 Å². The first-order valence-corrected chi connectivity index (χ1v) is 6.78. The van der Waals surface area contributed by atoms with E-state index in [1.807, 2.05) is 12.1 Å². The van der Waals surface area contributed by atoms with E-state index in [4.69, 9.17) is 11.0 Å². The van der Waals surface area contributed by atoms with Crippen LogP contribution in [0.25, 0.3) is 0 Å². The third kappa shape index (κ3) is 3.83. The Morgan fingerprint density at radius 3 is 2.89 bits per heavy atom. The van der Waals surface area contributed by atoms with Gasteiger partial charge < -0.3 is 16.0 Å². The maximum absolute atomic E-state index is 8.87. The fourth-order valence-electron chi connectivity index (χ4n) is 2.41. The number of nitrogens with one attached hydrogen (secondary N) is 1. The van der Waals surface area contributed by atoms with Gasteiger partial charge in [0, 0.05) is 6.54 Å². The summed E-state index contributed by atoms with van der Waals surface area (Å²) >= 11 is 0. The molecule has 2 heterocycles. The Kier molecular flexibility index (Phi) is 4.58. The summed E-state index contributed by atoms with van der Waals surface area (Å²) in [6, 6.07) is 5.55. The van der Waals surface area contributed by atoms with Gasteiger partial charge in [-0.3, -0.25) is 0 Å². The van der Waals surface area contributed by atoms with E-state index in [9.17, 15) is 0 Å². The molecule has 0 saturated carbocycles. The van der Waals surface area contributed by atoms with Gasteiger partial charge in [0.1, 0.15) is 11.9 Å². The number of piperidine rings is 1. The Morgan fingerprint density at radius 1 is 1.47 bits per heavy atom. The number of hydrogen-bond donors (Lipinski definition) is 2. The molecule has 1 fully saturated rings. The molecule has 0 aliphatic carbocycles. The Bertz CT molecular complexity index is 457. The zero-order valence-corrected chi connectivity index (χ0v) is 11.4. The van der Waals surface area contributed by atoms with Crippen LogP contribution in [0.5, 0.6) is 0 Å². The predicted molar refractivity (Wildman–Crippen MR) is 76.7 cm³/mol. The van der Waals surface area contributed by atoms with Gasteiger partial charge in [0.2, 0.25) is 0 Å². The summed E-state index contributed by atoms with van der Waals surface area (Å²) in [7, 11) is 2.18. The fraction of sp³-hybridized carbons (Fsp3) is 0.571. The molecule has 19 heavy (non-hydrogen) atoms. The molecule has 0 bridgehead atoms. The van der Waals surface area contributed by atoms with Gasteiger partial charge in [-0.05, 0) is 57.5 Å². The van der Waals surface area contributed by atoms with Gasteiger partial charge in [-0.2, -0.15) is 5.26 Å². The minimum atomic E-state index is 0.296. The average molecular weight is 259 g/mol. The number of nitriles is 1. The molecule has 1 aliphatic heterocycles. The number of nitrogen functional groups attached to an aromatic ring is 1. The summed E-state index contributed by atoms with van der Waals surface area (Å²) < 4.78 is 0. The zero-order valence-electron chi connectivity index (χ0n) is 11.4. The Morgan fingerprint density at radius 2 is 2.21 bits per heavy atom. The normalized spacial score (nSPS) is 17.1. The molecule has 0 aromatic carbocycles. The molecule has 1 aromatic rings. The summed E-state index contributed by atoms with van der Waals surface area (Å²) in [6.07, 6.45) is 3.70. The van der Waals surface area contributed by atoms with Crippen LogP contribution in [0.4, 0.5) is 11.5 Å². The molecule has 102 valence electrons. The third-order valence-electron chi connectivity index (χ3n) is 3.73. The highest BCUT2D eigenvalue weighted by molar-refractivity contribution is 5.54. The molecule has 0 radical (unpaired) electrons. The molecule has 0 unspecified atom stereocenters. The fourth-order valence-corrected chi connectivity index (χ4v) is 2.41. The minimum Gasteiger partial charge on any atom is -0.396 e. The van der Waals surface area contributed by atoms with Gasteiger partial charge in [-0.15, -0.1) is 0 Å². The van der Waals surface area contributed by atoms with E-state index in [0.29, 0.717) is 11.4 Å². The standard InChI is InChI=1S/C14H21N5/c1-19-8-5-11(6-9-19)4-7-17-14-3-2-12(16)13(10-15)18-14/h2-3,11H,4-9,16H2,1H3,(H,17,18).